The van der Waals surface area contributed by atoms with Crippen molar-refractivity contribution in [2.75, 3.05) is 25.0 Å². The molecule has 0 saturated heterocycles. The lowest BCUT2D eigenvalue weighted by Gasteiger charge is -2.08. The van der Waals surface area contributed by atoms with Crippen LogP contribution >= 0.6 is 11.3 Å². The Morgan fingerprint density at radius 1 is 1.22 bits per heavy atom. The molecule has 124 valence electrons. The molecule has 8 heteroatoms. The number of methoxy groups -OCH3 is 1. The van der Waals surface area contributed by atoms with Gasteiger partial charge in [0, 0.05) is 31.5 Å². The first kappa shape index (κ1) is 17.5. The molecule has 0 aliphatic carbocycles. The maximum Gasteiger partial charge on any atom is 0.271 e. The summed E-state index contributed by atoms with van der Waals surface area (Å²) in [5.41, 5.74) is 0.885. The lowest BCUT2D eigenvalue weighted by Crippen LogP contribution is -2.25. The van der Waals surface area contributed by atoms with Crippen LogP contribution in [0.25, 0.3) is 0 Å². The van der Waals surface area contributed by atoms with Crippen molar-refractivity contribution in [1.82, 2.24) is 5.32 Å². The van der Waals surface area contributed by atoms with Crippen LogP contribution in [0, 0.1) is 0 Å². The Labute approximate surface area is 139 Å². The van der Waals surface area contributed by atoms with E-state index in [2.05, 4.69) is 10.0 Å². The number of carbonyl (C=O) groups excluding carboxylic acids is 1. The number of hydrogen-bond donors (Lipinski definition) is 2. The molecule has 0 saturated carbocycles. The lowest BCUT2D eigenvalue weighted by atomic mass is 10.2. The third kappa shape index (κ3) is 5.05. The van der Waals surface area contributed by atoms with Crippen molar-refractivity contribution in [3.05, 3.63) is 47.3 Å². The van der Waals surface area contributed by atoms with Crippen LogP contribution in [0.3, 0.4) is 0 Å². The van der Waals surface area contributed by atoms with Crippen molar-refractivity contribution in [2.45, 2.75) is 10.6 Å². The summed E-state index contributed by atoms with van der Waals surface area (Å²) < 4.78 is 31.8. The van der Waals surface area contributed by atoms with Crippen molar-refractivity contribution < 1.29 is 17.9 Å². The molecule has 2 N–H and O–H groups in total. The van der Waals surface area contributed by atoms with Gasteiger partial charge in [-0.3, -0.25) is 9.52 Å². The van der Waals surface area contributed by atoms with Crippen molar-refractivity contribution in [3.8, 4) is 0 Å². The number of anilines is 1. The molecule has 0 unspecified atom stereocenters. The largest absolute Gasteiger partial charge is 0.385 e. The summed E-state index contributed by atoms with van der Waals surface area (Å²) >= 11 is 1.15. The van der Waals surface area contributed by atoms with Crippen LogP contribution < -0.4 is 10.0 Å². The average Bonchev–Trinajstić information content (AvgIpc) is 3.07. The Balaban J connectivity index is 1.96. The fourth-order valence-electron chi connectivity index (χ4n) is 1.83. The van der Waals surface area contributed by atoms with Crippen LogP contribution in [0.15, 0.2) is 46.0 Å². The van der Waals surface area contributed by atoms with Crippen molar-refractivity contribution in [3.63, 3.8) is 0 Å². The molecule has 0 spiro atoms. The van der Waals surface area contributed by atoms with E-state index in [9.17, 15) is 13.2 Å². The lowest BCUT2D eigenvalue weighted by molar-refractivity contribution is 0.0948. The van der Waals surface area contributed by atoms with Crippen LogP contribution in [-0.4, -0.2) is 34.6 Å². The van der Waals surface area contributed by atoms with E-state index in [1.807, 2.05) is 0 Å². The third-order valence-corrected chi connectivity index (χ3v) is 5.75. The van der Waals surface area contributed by atoms with Gasteiger partial charge in [-0.1, -0.05) is 6.07 Å². The van der Waals surface area contributed by atoms with Crippen molar-refractivity contribution in [2.24, 2.45) is 0 Å². The van der Waals surface area contributed by atoms with E-state index >= 15 is 0 Å². The minimum atomic E-state index is -3.57. The standard InChI is InChI=1S/C15H18N2O4S2/c1-21-10-3-9-16-15(18)12-5-7-13(8-6-12)17-23(19,20)14-4-2-11-22-14/h2,4-8,11,17H,3,9-10H2,1H3,(H,16,18). The number of benzene rings is 1. The van der Waals surface area contributed by atoms with Gasteiger partial charge in [0.2, 0.25) is 0 Å². The second-order valence-electron chi connectivity index (χ2n) is 4.72. The Morgan fingerprint density at radius 2 is 1.96 bits per heavy atom. The summed E-state index contributed by atoms with van der Waals surface area (Å²) in [6.45, 7) is 1.11. The van der Waals surface area contributed by atoms with E-state index in [4.69, 9.17) is 4.74 Å². The number of thiophene rings is 1. The molecule has 0 fully saturated rings. The van der Waals surface area contributed by atoms with Gasteiger partial charge in [-0.05, 0) is 42.1 Å². The second kappa shape index (κ2) is 8.09. The van der Waals surface area contributed by atoms with Crippen LogP contribution in [0.2, 0.25) is 0 Å². The van der Waals surface area contributed by atoms with Crippen molar-refractivity contribution >= 4 is 33.0 Å². The highest BCUT2D eigenvalue weighted by Gasteiger charge is 2.15. The maximum absolute atomic E-state index is 12.1. The zero-order chi connectivity index (χ0) is 16.7. The van der Waals surface area contributed by atoms with Gasteiger partial charge < -0.3 is 10.1 Å². The number of hydrogen-bond acceptors (Lipinski definition) is 5. The molecule has 0 aliphatic heterocycles. The third-order valence-electron chi connectivity index (χ3n) is 2.97. The smallest absolute Gasteiger partial charge is 0.271 e. The number of carbonyl (C=O) groups is 1. The topological polar surface area (TPSA) is 84.5 Å². The molecule has 6 nitrogen and oxygen atoms in total. The molecular formula is C15H18N2O4S2. The zero-order valence-corrected chi connectivity index (χ0v) is 14.2. The molecule has 1 heterocycles. The predicted molar refractivity (Wildman–Crippen MR) is 90.4 cm³/mol. The van der Waals surface area contributed by atoms with Gasteiger partial charge in [-0.25, -0.2) is 8.42 Å². The first-order valence-corrected chi connectivity index (χ1v) is 9.33. The summed E-state index contributed by atoms with van der Waals surface area (Å²) in [6, 6.07) is 9.51. The Hall–Kier alpha value is -1.90. The molecule has 1 aromatic heterocycles. The number of sulfonamides is 1. The molecule has 1 amide bonds. The molecule has 0 radical (unpaired) electrons. The van der Waals surface area contributed by atoms with E-state index in [1.165, 1.54) is 6.07 Å². The number of ether oxygens (including phenoxy) is 1. The van der Waals surface area contributed by atoms with E-state index in [0.29, 0.717) is 24.4 Å². The molecule has 0 bridgehead atoms. The molecule has 1 aromatic carbocycles. The van der Waals surface area contributed by atoms with Gasteiger partial charge in [0.15, 0.2) is 0 Å². The van der Waals surface area contributed by atoms with Gasteiger partial charge in [0.25, 0.3) is 15.9 Å². The monoisotopic (exact) mass is 354 g/mol. The summed E-state index contributed by atoms with van der Waals surface area (Å²) in [4.78, 5) is 11.9. The Kier molecular flexibility index (Phi) is 6.14. The minimum Gasteiger partial charge on any atom is -0.385 e. The van der Waals surface area contributed by atoms with Crippen LogP contribution in [0.1, 0.15) is 16.8 Å². The highest BCUT2D eigenvalue weighted by Crippen LogP contribution is 2.20. The summed E-state index contributed by atoms with van der Waals surface area (Å²) in [5, 5.41) is 4.47. The zero-order valence-electron chi connectivity index (χ0n) is 12.6. The van der Waals surface area contributed by atoms with E-state index in [1.54, 1.807) is 42.8 Å². The molecule has 0 atom stereocenters. The highest BCUT2D eigenvalue weighted by molar-refractivity contribution is 7.94. The number of rotatable bonds is 8. The predicted octanol–water partition coefficient (Wildman–Crippen LogP) is 2.32. The van der Waals surface area contributed by atoms with E-state index in [-0.39, 0.29) is 10.1 Å². The average molecular weight is 354 g/mol. The second-order valence-corrected chi connectivity index (χ2v) is 7.57. The maximum atomic E-state index is 12.1. The van der Waals surface area contributed by atoms with Crippen LogP contribution in [-0.2, 0) is 14.8 Å². The fourth-order valence-corrected chi connectivity index (χ4v) is 3.88. The SMILES string of the molecule is COCCCNC(=O)c1ccc(NS(=O)(=O)c2cccs2)cc1. The first-order valence-electron chi connectivity index (χ1n) is 6.96. The Bertz CT molecular complexity index is 725. The van der Waals surface area contributed by atoms with Gasteiger partial charge in [0.1, 0.15) is 4.21 Å². The van der Waals surface area contributed by atoms with Gasteiger partial charge in [-0.2, -0.15) is 0 Å². The van der Waals surface area contributed by atoms with E-state index in [0.717, 1.165) is 17.8 Å². The van der Waals surface area contributed by atoms with Crippen LogP contribution in [0.4, 0.5) is 5.69 Å². The summed E-state index contributed by atoms with van der Waals surface area (Å²) in [7, 11) is -1.96. The minimum absolute atomic E-state index is 0.200. The van der Waals surface area contributed by atoms with E-state index < -0.39 is 10.0 Å². The molecular weight excluding hydrogens is 336 g/mol. The fraction of sp³-hybridized carbons (Fsp3) is 0.267. The van der Waals surface area contributed by atoms with Crippen molar-refractivity contribution in [1.29, 1.82) is 0 Å². The van der Waals surface area contributed by atoms with Crippen LogP contribution in [0.5, 0.6) is 0 Å². The van der Waals surface area contributed by atoms with Gasteiger partial charge in [-0.15, -0.1) is 11.3 Å². The number of nitrogens with one attached hydrogen (secondary N) is 2. The molecule has 2 rings (SSSR count). The summed E-state index contributed by atoms with van der Waals surface area (Å²) in [5.74, 6) is -0.200. The number of amides is 1. The van der Waals surface area contributed by atoms with Gasteiger partial charge >= 0.3 is 0 Å². The first-order chi connectivity index (χ1) is 11.0. The molecule has 23 heavy (non-hydrogen) atoms. The molecule has 0 aliphatic rings. The summed E-state index contributed by atoms with van der Waals surface area (Å²) in [6.07, 6.45) is 0.737. The quantitative estimate of drug-likeness (QED) is 0.713. The Morgan fingerprint density at radius 3 is 2.57 bits per heavy atom. The highest BCUT2D eigenvalue weighted by atomic mass is 32.2. The molecule has 2 aromatic rings. The normalized spacial score (nSPS) is 11.2. The van der Waals surface area contributed by atoms with Gasteiger partial charge in [0.05, 0.1) is 0 Å².